The monoisotopic (exact) mass is 322 g/mol. The molecule has 0 aliphatic rings. The lowest BCUT2D eigenvalue weighted by Gasteiger charge is -2.17. The summed E-state index contributed by atoms with van der Waals surface area (Å²) in [5.41, 5.74) is 0.299. The van der Waals surface area contributed by atoms with E-state index in [9.17, 15) is 17.2 Å². The number of benzene rings is 1. The molecule has 0 saturated carbocycles. The minimum absolute atomic E-state index is 0.0255. The van der Waals surface area contributed by atoms with E-state index >= 15 is 0 Å². The van der Waals surface area contributed by atoms with E-state index in [0.717, 1.165) is 0 Å². The van der Waals surface area contributed by atoms with Crippen molar-refractivity contribution in [1.82, 2.24) is 5.32 Å². The first-order valence-electron chi connectivity index (χ1n) is 6.50. The predicted molar refractivity (Wildman–Crippen MR) is 78.2 cm³/mol. The summed E-state index contributed by atoms with van der Waals surface area (Å²) in [6, 6.07) is 5.49. The number of hydrogen-bond acceptors (Lipinski definition) is 4. The molecule has 0 spiro atoms. The second kappa shape index (κ2) is 7.56. The number of anilines is 1. The van der Waals surface area contributed by atoms with Crippen LogP contribution in [-0.2, 0) is 10.0 Å². The Bertz CT molecular complexity index is 533. The summed E-state index contributed by atoms with van der Waals surface area (Å²) in [4.78, 5) is 0. The molecule has 0 aliphatic carbocycles. The molecule has 0 aliphatic heterocycles. The van der Waals surface area contributed by atoms with Crippen LogP contribution in [0.2, 0.25) is 0 Å². The van der Waals surface area contributed by atoms with E-state index in [1.54, 1.807) is 6.92 Å². The Labute approximate surface area is 123 Å². The molecule has 1 unspecified atom stereocenters. The van der Waals surface area contributed by atoms with Gasteiger partial charge in [0.25, 0.3) is 0 Å². The lowest BCUT2D eigenvalue weighted by molar-refractivity contribution is -0.0498. The first-order chi connectivity index (χ1) is 9.70. The van der Waals surface area contributed by atoms with Crippen LogP contribution in [0.15, 0.2) is 24.3 Å². The number of hydrogen-bond donors (Lipinski definition) is 2. The molecule has 0 aromatic heterocycles. The molecule has 0 fully saturated rings. The van der Waals surface area contributed by atoms with Crippen molar-refractivity contribution in [1.29, 1.82) is 0 Å². The van der Waals surface area contributed by atoms with Crippen molar-refractivity contribution in [2.24, 2.45) is 0 Å². The lowest BCUT2D eigenvalue weighted by atomic mass is 10.3. The fraction of sp³-hybridized carbons (Fsp3) is 0.538. The molecule has 0 heterocycles. The van der Waals surface area contributed by atoms with Crippen molar-refractivity contribution in [2.45, 2.75) is 38.7 Å². The number of halogens is 2. The third-order valence-corrected chi connectivity index (χ3v) is 4.43. The van der Waals surface area contributed by atoms with Gasteiger partial charge in [-0.15, -0.1) is 0 Å². The van der Waals surface area contributed by atoms with Gasteiger partial charge in [0.15, 0.2) is 0 Å². The van der Waals surface area contributed by atoms with Gasteiger partial charge in [0, 0.05) is 18.3 Å². The highest BCUT2D eigenvalue weighted by molar-refractivity contribution is 7.93. The van der Waals surface area contributed by atoms with Crippen LogP contribution in [-0.4, -0.2) is 32.9 Å². The molecule has 1 rings (SSSR count). The van der Waals surface area contributed by atoms with E-state index in [1.165, 1.54) is 24.3 Å². The molecule has 0 radical (unpaired) electrons. The van der Waals surface area contributed by atoms with Crippen LogP contribution in [0.4, 0.5) is 14.5 Å². The standard InChI is InChI=1S/C13H20F2N2O3S/c1-9(2)16-8-10(3)21(18,19)17-11-4-6-12(7-5-11)20-13(14)15/h4-7,9-10,13,16-17H,8H2,1-3H3. The molecule has 1 aromatic carbocycles. The van der Waals surface area contributed by atoms with Gasteiger partial charge in [-0.3, -0.25) is 4.72 Å². The van der Waals surface area contributed by atoms with Crippen molar-refractivity contribution in [3.8, 4) is 5.75 Å². The average molecular weight is 322 g/mol. The highest BCUT2D eigenvalue weighted by atomic mass is 32.2. The highest BCUT2D eigenvalue weighted by Gasteiger charge is 2.20. The summed E-state index contributed by atoms with van der Waals surface area (Å²) >= 11 is 0. The van der Waals surface area contributed by atoms with Crippen molar-refractivity contribution >= 4 is 15.7 Å². The summed E-state index contributed by atoms with van der Waals surface area (Å²) in [5, 5.41) is 2.42. The van der Waals surface area contributed by atoms with E-state index in [0.29, 0.717) is 12.2 Å². The topological polar surface area (TPSA) is 67.4 Å². The fourth-order valence-corrected chi connectivity index (χ4v) is 2.46. The number of nitrogens with one attached hydrogen (secondary N) is 2. The van der Waals surface area contributed by atoms with Gasteiger partial charge in [0.2, 0.25) is 10.0 Å². The largest absolute Gasteiger partial charge is 0.435 e. The third kappa shape index (κ3) is 6.26. The Morgan fingerprint density at radius 2 is 1.71 bits per heavy atom. The molecule has 120 valence electrons. The Morgan fingerprint density at radius 3 is 2.19 bits per heavy atom. The summed E-state index contributed by atoms with van der Waals surface area (Å²) in [5.74, 6) is -0.0255. The zero-order valence-electron chi connectivity index (χ0n) is 12.1. The molecular weight excluding hydrogens is 302 g/mol. The SMILES string of the molecule is CC(C)NCC(C)S(=O)(=O)Nc1ccc(OC(F)F)cc1. The molecule has 0 bridgehead atoms. The number of alkyl halides is 2. The van der Waals surface area contributed by atoms with Crippen molar-refractivity contribution in [3.63, 3.8) is 0 Å². The zero-order chi connectivity index (χ0) is 16.0. The Balaban J connectivity index is 2.66. The van der Waals surface area contributed by atoms with E-state index in [1.807, 2.05) is 13.8 Å². The zero-order valence-corrected chi connectivity index (χ0v) is 13.0. The second-order valence-electron chi connectivity index (χ2n) is 4.92. The van der Waals surface area contributed by atoms with Crippen LogP contribution in [0.5, 0.6) is 5.75 Å². The van der Waals surface area contributed by atoms with E-state index in [2.05, 4.69) is 14.8 Å². The summed E-state index contributed by atoms with van der Waals surface area (Å²) < 4.78 is 54.8. The number of sulfonamides is 1. The summed E-state index contributed by atoms with van der Waals surface area (Å²) in [6.07, 6.45) is 0. The van der Waals surface area contributed by atoms with E-state index < -0.39 is 21.9 Å². The predicted octanol–water partition coefficient (Wildman–Crippen LogP) is 2.42. The molecule has 5 nitrogen and oxygen atoms in total. The Morgan fingerprint density at radius 1 is 1.14 bits per heavy atom. The van der Waals surface area contributed by atoms with E-state index in [-0.39, 0.29) is 11.8 Å². The van der Waals surface area contributed by atoms with Gasteiger partial charge >= 0.3 is 6.61 Å². The van der Waals surface area contributed by atoms with Crippen LogP contribution < -0.4 is 14.8 Å². The van der Waals surface area contributed by atoms with Crippen LogP contribution in [0.3, 0.4) is 0 Å². The Kier molecular flexibility index (Phi) is 6.35. The highest BCUT2D eigenvalue weighted by Crippen LogP contribution is 2.19. The minimum Gasteiger partial charge on any atom is -0.435 e. The molecule has 21 heavy (non-hydrogen) atoms. The molecule has 0 amide bonds. The van der Waals surface area contributed by atoms with Crippen LogP contribution in [0, 0.1) is 0 Å². The molecule has 0 saturated heterocycles. The number of ether oxygens (including phenoxy) is 1. The van der Waals surface area contributed by atoms with Crippen molar-refractivity contribution in [2.75, 3.05) is 11.3 Å². The Hall–Kier alpha value is -1.41. The minimum atomic E-state index is -3.55. The van der Waals surface area contributed by atoms with Gasteiger partial charge in [-0.1, -0.05) is 13.8 Å². The van der Waals surface area contributed by atoms with Crippen LogP contribution >= 0.6 is 0 Å². The van der Waals surface area contributed by atoms with Gasteiger partial charge in [-0.05, 0) is 31.2 Å². The molecular formula is C13H20F2N2O3S. The van der Waals surface area contributed by atoms with Crippen molar-refractivity contribution in [3.05, 3.63) is 24.3 Å². The van der Waals surface area contributed by atoms with Gasteiger partial charge < -0.3 is 10.1 Å². The third-order valence-electron chi connectivity index (χ3n) is 2.68. The lowest BCUT2D eigenvalue weighted by Crippen LogP contribution is -2.37. The average Bonchev–Trinajstić information content (AvgIpc) is 2.37. The normalized spacial score (nSPS) is 13.5. The number of rotatable bonds is 8. The maximum atomic E-state index is 12.1. The van der Waals surface area contributed by atoms with Gasteiger partial charge in [-0.25, -0.2) is 8.42 Å². The molecule has 2 N–H and O–H groups in total. The summed E-state index contributed by atoms with van der Waals surface area (Å²) in [7, 11) is -3.55. The van der Waals surface area contributed by atoms with Gasteiger partial charge in [0.05, 0.1) is 5.25 Å². The van der Waals surface area contributed by atoms with Crippen LogP contribution in [0.1, 0.15) is 20.8 Å². The second-order valence-corrected chi connectivity index (χ2v) is 7.02. The van der Waals surface area contributed by atoms with Crippen molar-refractivity contribution < 1.29 is 21.9 Å². The fourth-order valence-electron chi connectivity index (χ4n) is 1.48. The molecule has 1 aromatic rings. The molecule has 8 heteroatoms. The molecule has 1 atom stereocenters. The maximum Gasteiger partial charge on any atom is 0.387 e. The van der Waals surface area contributed by atoms with Gasteiger partial charge in [0.1, 0.15) is 5.75 Å². The van der Waals surface area contributed by atoms with E-state index in [4.69, 9.17) is 0 Å². The first kappa shape index (κ1) is 17.6. The first-order valence-corrected chi connectivity index (χ1v) is 8.05. The summed E-state index contributed by atoms with van der Waals surface area (Å²) in [6.45, 7) is 2.85. The maximum absolute atomic E-state index is 12.1. The smallest absolute Gasteiger partial charge is 0.387 e. The van der Waals surface area contributed by atoms with Crippen LogP contribution in [0.25, 0.3) is 0 Å². The quantitative estimate of drug-likeness (QED) is 0.771. The van der Waals surface area contributed by atoms with Gasteiger partial charge in [-0.2, -0.15) is 8.78 Å².